The van der Waals surface area contributed by atoms with E-state index in [0.717, 1.165) is 48.7 Å². The minimum atomic E-state index is -1.05. The number of ether oxygens (including phenoxy) is 1. The first kappa shape index (κ1) is 34.0. The summed E-state index contributed by atoms with van der Waals surface area (Å²) in [7, 11) is 1.64. The number of anilines is 1. The summed E-state index contributed by atoms with van der Waals surface area (Å²) in [4.78, 5) is 50.9. The Morgan fingerprint density at radius 3 is 2.68 bits per heavy atom. The van der Waals surface area contributed by atoms with Gasteiger partial charge in [-0.2, -0.15) is 0 Å². The average molecular weight is 677 g/mol. The van der Waals surface area contributed by atoms with Crippen molar-refractivity contribution in [3.63, 3.8) is 0 Å². The summed E-state index contributed by atoms with van der Waals surface area (Å²) in [5, 5.41) is 12.3. The van der Waals surface area contributed by atoms with Crippen LogP contribution in [0.3, 0.4) is 0 Å². The number of terminal acetylenes is 1. The van der Waals surface area contributed by atoms with Gasteiger partial charge in [0.25, 0.3) is 5.91 Å². The van der Waals surface area contributed by atoms with E-state index in [1.807, 2.05) is 37.3 Å². The van der Waals surface area contributed by atoms with Gasteiger partial charge in [-0.3, -0.25) is 14.4 Å². The summed E-state index contributed by atoms with van der Waals surface area (Å²) in [5.74, 6) is 3.80. The van der Waals surface area contributed by atoms with Gasteiger partial charge in [-0.05, 0) is 105 Å². The van der Waals surface area contributed by atoms with Crippen molar-refractivity contribution in [3.8, 4) is 18.1 Å². The van der Waals surface area contributed by atoms with Gasteiger partial charge >= 0.3 is 0 Å². The number of para-hydroxylation sites is 1. The van der Waals surface area contributed by atoms with Crippen LogP contribution in [0, 0.1) is 29.6 Å². The molecule has 3 aliphatic carbocycles. The van der Waals surface area contributed by atoms with E-state index in [0.29, 0.717) is 61.7 Å². The van der Waals surface area contributed by atoms with Gasteiger partial charge in [0.2, 0.25) is 11.8 Å². The number of rotatable bonds is 7. The molecule has 2 aromatic carbocycles. The van der Waals surface area contributed by atoms with Gasteiger partial charge < -0.3 is 24.5 Å². The summed E-state index contributed by atoms with van der Waals surface area (Å²) in [6, 6.07) is 14.7. The Kier molecular flexibility index (Phi) is 8.88. The highest BCUT2D eigenvalue weighted by Crippen LogP contribution is 2.64. The zero-order valence-corrected chi connectivity index (χ0v) is 29.7. The van der Waals surface area contributed by atoms with E-state index in [4.69, 9.17) is 11.2 Å². The van der Waals surface area contributed by atoms with Gasteiger partial charge in [0.1, 0.15) is 29.6 Å². The summed E-state index contributed by atoms with van der Waals surface area (Å²) >= 11 is 0. The largest absolute Gasteiger partial charge is 0.495 e. The van der Waals surface area contributed by atoms with Crippen LogP contribution in [0.2, 0.25) is 0 Å². The molecule has 2 unspecified atom stereocenters. The lowest BCUT2D eigenvalue weighted by atomic mass is 9.53. The second kappa shape index (κ2) is 13.0. The van der Waals surface area contributed by atoms with Crippen molar-refractivity contribution in [3.05, 3.63) is 65.4 Å². The number of pyridine rings is 1. The number of fused-ring (bicyclic) bond motifs is 6. The Hall–Kier alpha value is -4.42. The average Bonchev–Trinajstić information content (AvgIpc) is 3.42. The molecule has 7 rings (SSSR count). The van der Waals surface area contributed by atoms with E-state index in [2.05, 4.69) is 30.0 Å². The van der Waals surface area contributed by atoms with E-state index in [9.17, 15) is 19.5 Å². The quantitative estimate of drug-likeness (QED) is 0.328. The molecule has 1 aliphatic heterocycles. The fourth-order valence-corrected chi connectivity index (χ4v) is 9.77. The molecule has 0 spiro atoms. The maximum absolute atomic E-state index is 13.9. The first-order chi connectivity index (χ1) is 24.0. The summed E-state index contributed by atoms with van der Waals surface area (Å²) in [6.07, 6.45) is 11.9. The highest BCUT2D eigenvalue weighted by molar-refractivity contribution is 6.01. The number of benzene rings is 2. The van der Waals surface area contributed by atoms with E-state index < -0.39 is 11.6 Å². The van der Waals surface area contributed by atoms with Crippen molar-refractivity contribution in [2.45, 2.75) is 83.3 Å². The van der Waals surface area contributed by atoms with Crippen molar-refractivity contribution in [1.82, 2.24) is 14.8 Å². The van der Waals surface area contributed by atoms with Gasteiger partial charge in [0.05, 0.1) is 18.3 Å². The van der Waals surface area contributed by atoms with Gasteiger partial charge in [0, 0.05) is 30.4 Å². The molecule has 2 heterocycles. The summed E-state index contributed by atoms with van der Waals surface area (Å²) in [6.45, 7) is 6.87. The van der Waals surface area contributed by atoms with Crippen molar-refractivity contribution in [2.75, 3.05) is 38.2 Å². The van der Waals surface area contributed by atoms with Crippen LogP contribution in [0.1, 0.15) is 86.8 Å². The third-order valence-corrected chi connectivity index (χ3v) is 12.6. The SMILES string of the molecule is C#C[C@]1(O)CCC2[C@@H]3CCc4cc(OC)c(N5CCN(C(=O)[C@H](C)N(CCC)C(=O)c6ccc7ccccc7n6)CC5=O)cc4C3CC[C@@]21C. The van der Waals surface area contributed by atoms with Crippen LogP contribution in [-0.2, 0) is 16.0 Å². The second-order valence-electron chi connectivity index (χ2n) is 15.0. The summed E-state index contributed by atoms with van der Waals surface area (Å²) in [5.41, 5.74) is 2.95. The van der Waals surface area contributed by atoms with Gasteiger partial charge in [0.15, 0.2) is 0 Å². The molecule has 4 aliphatic rings. The number of aliphatic hydroxyl groups is 1. The number of methoxy groups -OCH3 is 1. The lowest BCUT2D eigenvalue weighted by Gasteiger charge is -2.52. The van der Waals surface area contributed by atoms with Crippen molar-refractivity contribution >= 4 is 34.3 Å². The number of amides is 3. The minimum Gasteiger partial charge on any atom is -0.495 e. The number of aromatic nitrogens is 1. The predicted molar refractivity (Wildman–Crippen MR) is 193 cm³/mol. The number of hydrogen-bond donors (Lipinski definition) is 1. The number of carbonyl (C=O) groups is 3. The Morgan fingerprint density at radius 2 is 1.94 bits per heavy atom. The zero-order valence-electron chi connectivity index (χ0n) is 29.7. The molecule has 1 saturated heterocycles. The van der Waals surface area contributed by atoms with Crippen LogP contribution >= 0.6 is 0 Å². The molecule has 1 N–H and O–H groups in total. The van der Waals surface area contributed by atoms with E-state index in [1.165, 1.54) is 11.1 Å². The maximum Gasteiger partial charge on any atom is 0.273 e. The molecule has 3 amide bonds. The lowest BCUT2D eigenvalue weighted by molar-refractivity contribution is -0.140. The molecule has 1 aromatic heterocycles. The van der Waals surface area contributed by atoms with Crippen molar-refractivity contribution in [1.29, 1.82) is 0 Å². The number of nitrogens with zero attached hydrogens (tertiary/aromatic N) is 4. The van der Waals surface area contributed by atoms with Crippen LogP contribution in [-0.4, -0.2) is 82.5 Å². The molecule has 2 saturated carbocycles. The van der Waals surface area contributed by atoms with E-state index in [-0.39, 0.29) is 29.7 Å². The molecule has 262 valence electrons. The first-order valence-electron chi connectivity index (χ1n) is 18.2. The van der Waals surface area contributed by atoms with Gasteiger partial charge in [-0.1, -0.05) is 44.0 Å². The fraction of sp³-hybridized carbons (Fsp3) is 0.512. The molecule has 50 heavy (non-hydrogen) atoms. The predicted octanol–water partition coefficient (Wildman–Crippen LogP) is 5.58. The zero-order chi connectivity index (χ0) is 35.4. The highest BCUT2D eigenvalue weighted by Gasteiger charge is 2.61. The fourth-order valence-electron chi connectivity index (χ4n) is 9.77. The standard InChI is InChI=1S/C41H48N4O5/c1-6-20-44(39(48)34-15-13-27-10-8-9-11-33(27)42-34)26(3)38(47)43-21-22-45(37(46)25-43)35-24-31-28(23-36(35)50-5)12-14-30-29(31)16-18-40(4)32(30)17-19-41(40,49)7-2/h2,8-11,13,15,23-24,26,29-30,32,49H,6,12,14,16-22,25H2,1,3-5H3/t26-,29?,30+,32?,40-,41-/m0/s1. The molecular formula is C41H48N4O5. The topological polar surface area (TPSA) is 103 Å². The smallest absolute Gasteiger partial charge is 0.273 e. The van der Waals surface area contributed by atoms with E-state index >= 15 is 0 Å². The number of piperazine rings is 1. The number of carbonyl (C=O) groups excluding carboxylic acids is 3. The van der Waals surface area contributed by atoms with Crippen molar-refractivity contribution in [2.24, 2.45) is 17.3 Å². The van der Waals surface area contributed by atoms with E-state index in [1.54, 1.807) is 34.8 Å². The molecule has 3 fully saturated rings. The molecule has 6 atom stereocenters. The normalized spacial score (nSPS) is 27.9. The molecular weight excluding hydrogens is 628 g/mol. The van der Waals surface area contributed by atoms with Gasteiger partial charge in [-0.25, -0.2) is 4.98 Å². The molecule has 0 radical (unpaired) electrons. The second-order valence-corrected chi connectivity index (χ2v) is 15.0. The van der Waals surface area contributed by atoms with Crippen LogP contribution in [0.15, 0.2) is 48.5 Å². The molecule has 9 heteroatoms. The number of aryl methyl sites for hydroxylation is 1. The minimum absolute atomic E-state index is 0.0804. The Bertz CT molecular complexity index is 1890. The monoisotopic (exact) mass is 676 g/mol. The Morgan fingerprint density at radius 1 is 1.14 bits per heavy atom. The third kappa shape index (κ3) is 5.43. The highest BCUT2D eigenvalue weighted by atomic mass is 16.5. The van der Waals surface area contributed by atoms with Crippen LogP contribution in [0.25, 0.3) is 10.9 Å². The summed E-state index contributed by atoms with van der Waals surface area (Å²) < 4.78 is 5.86. The van der Waals surface area contributed by atoms with Gasteiger partial charge in [-0.15, -0.1) is 6.42 Å². The molecule has 3 aromatic rings. The number of hydrogen-bond acceptors (Lipinski definition) is 6. The lowest BCUT2D eigenvalue weighted by Crippen LogP contribution is -2.57. The first-order valence-corrected chi connectivity index (χ1v) is 18.2. The molecule has 0 bridgehead atoms. The van der Waals surface area contributed by atoms with Crippen molar-refractivity contribution < 1.29 is 24.2 Å². The molecule has 9 nitrogen and oxygen atoms in total. The maximum atomic E-state index is 13.9. The Labute approximate surface area is 295 Å². The van der Waals surface area contributed by atoms with Crippen LogP contribution in [0.5, 0.6) is 5.75 Å². The third-order valence-electron chi connectivity index (χ3n) is 12.6. The van der Waals surface area contributed by atoms with Crippen LogP contribution in [0.4, 0.5) is 5.69 Å². The Balaban J connectivity index is 1.08. The van der Waals surface area contributed by atoms with Crippen LogP contribution < -0.4 is 9.64 Å².